The minimum atomic E-state index is -3.73. The maximum absolute atomic E-state index is 13.9. The molecule has 1 aromatic rings. The van der Waals surface area contributed by atoms with Gasteiger partial charge >= 0.3 is 0 Å². The summed E-state index contributed by atoms with van der Waals surface area (Å²) in [7, 11) is 0. The molecule has 0 radical (unpaired) electrons. The summed E-state index contributed by atoms with van der Waals surface area (Å²) in [6.45, 7) is -12.1. The standard InChI is InChI=1S/C19H24N2O/c22-19-16-6-2-4-14-3-1-5-15(18(14)16)11-21(19)17-12-20-9-7-13(17)8-10-20/h2,4,6,13,15,17H,1,3,5,7-12H2/t15-,17-/m1/s1/i1D2,3D2,5D2,7D2,8D2,9D2,10D2,12D2,13D,15D. The van der Waals surface area contributed by atoms with E-state index in [0.29, 0.717) is 4.90 Å². The minimum absolute atomic E-state index is 0.300. The Hall–Kier alpha value is -1.35. The number of benzene rings is 1. The summed E-state index contributed by atoms with van der Waals surface area (Å²) >= 11 is 0. The van der Waals surface area contributed by atoms with Crippen LogP contribution in [0.5, 0.6) is 0 Å². The van der Waals surface area contributed by atoms with Crippen LogP contribution in [0.15, 0.2) is 18.2 Å². The van der Waals surface area contributed by atoms with E-state index < -0.39 is 98.3 Å². The van der Waals surface area contributed by atoms with Crippen LogP contribution in [0.2, 0.25) is 0 Å². The van der Waals surface area contributed by atoms with Gasteiger partial charge in [-0.05, 0) is 67.9 Å². The molecule has 0 aromatic heterocycles. The van der Waals surface area contributed by atoms with E-state index in [2.05, 4.69) is 0 Å². The van der Waals surface area contributed by atoms with Crippen molar-refractivity contribution in [2.24, 2.45) is 5.89 Å². The first-order valence-corrected chi connectivity index (χ1v) is 6.85. The highest BCUT2D eigenvalue weighted by atomic mass is 16.2. The predicted molar refractivity (Wildman–Crippen MR) is 86.1 cm³/mol. The van der Waals surface area contributed by atoms with E-state index in [9.17, 15) is 6.17 Å². The fraction of sp³-hybridized carbons (Fsp3) is 0.632. The van der Waals surface area contributed by atoms with Crippen LogP contribution in [0.25, 0.3) is 0 Å². The summed E-state index contributed by atoms with van der Waals surface area (Å²) in [5.74, 6) is -7.91. The van der Waals surface area contributed by atoms with Crippen molar-refractivity contribution in [1.29, 1.82) is 0 Å². The van der Waals surface area contributed by atoms with Gasteiger partial charge in [-0.3, -0.25) is 4.79 Å². The number of hydrogen-bond donors (Lipinski definition) is 0. The first-order chi connectivity index (χ1) is 17.6. The number of fused-ring (bicyclic) bond motifs is 3. The fourth-order valence-corrected chi connectivity index (χ4v) is 3.03. The molecule has 1 aliphatic carbocycles. The molecule has 0 spiro atoms. The zero-order chi connectivity index (χ0) is 30.9. The van der Waals surface area contributed by atoms with Gasteiger partial charge < -0.3 is 9.80 Å². The molecular weight excluding hydrogens is 272 g/mol. The molecule has 4 aliphatic heterocycles. The summed E-state index contributed by atoms with van der Waals surface area (Å²) in [5.41, 5.74) is -1.62. The second-order valence-corrected chi connectivity index (χ2v) is 5.27. The van der Waals surface area contributed by atoms with E-state index in [1.165, 1.54) is 0 Å². The molecule has 3 saturated heterocycles. The first-order valence-electron chi connectivity index (χ1n) is 15.8. The Kier molecular flexibility index (Phi) is 0.961. The van der Waals surface area contributed by atoms with E-state index in [4.69, 9.17) is 23.3 Å². The molecule has 0 unspecified atom stereocenters. The van der Waals surface area contributed by atoms with Crippen LogP contribution in [0.3, 0.4) is 0 Å². The lowest BCUT2D eigenvalue weighted by molar-refractivity contribution is 0.00258. The third-order valence-corrected chi connectivity index (χ3v) is 4.04. The van der Waals surface area contributed by atoms with Crippen molar-refractivity contribution in [1.82, 2.24) is 9.80 Å². The molecule has 2 atom stereocenters. The van der Waals surface area contributed by atoms with Crippen LogP contribution in [-0.4, -0.2) is 47.8 Å². The van der Waals surface area contributed by atoms with E-state index in [0.717, 1.165) is 18.2 Å². The SMILES string of the molecule is [2H]C1([2H])[C@@H](N2C[C@]3([2H])c4c(cccc4C([2H])([2H])C([2H])([2H])C3([2H])[2H])C2=O)C2([2H])C([2H])([2H])C([2H])([2H])N1C([2H])([2H])C2([2H])[2H]. The molecule has 3 fully saturated rings. The average molecular weight is 315 g/mol. The van der Waals surface area contributed by atoms with Gasteiger partial charge in [0.2, 0.25) is 0 Å². The highest BCUT2D eigenvalue weighted by Gasteiger charge is 2.43. The molecule has 116 valence electrons. The Balaban J connectivity index is 1.85. The summed E-state index contributed by atoms with van der Waals surface area (Å²) in [6.07, 6.45) is -17.3. The van der Waals surface area contributed by atoms with Crippen molar-refractivity contribution in [3.63, 3.8) is 0 Å². The lowest BCUT2D eigenvalue weighted by Crippen LogP contribution is -2.60. The van der Waals surface area contributed by atoms with Crippen LogP contribution in [0, 0.1) is 5.89 Å². The first kappa shape index (κ1) is 4.38. The second kappa shape index (κ2) is 4.82. The molecule has 2 bridgehead atoms. The molecule has 3 heteroatoms. The highest BCUT2D eigenvalue weighted by molar-refractivity contribution is 5.97. The number of nitrogens with zero attached hydrogens (tertiary/aromatic N) is 2. The van der Waals surface area contributed by atoms with Crippen LogP contribution < -0.4 is 0 Å². The van der Waals surface area contributed by atoms with Gasteiger partial charge in [-0.15, -0.1) is 0 Å². The molecule has 22 heavy (non-hydrogen) atoms. The summed E-state index contributed by atoms with van der Waals surface area (Å²) < 4.78 is 153. The fourth-order valence-electron chi connectivity index (χ4n) is 3.03. The Morgan fingerprint density at radius 1 is 1.23 bits per heavy atom. The smallest absolute Gasteiger partial charge is 0.254 e. The van der Waals surface area contributed by atoms with Crippen molar-refractivity contribution < 1.29 is 29.5 Å². The van der Waals surface area contributed by atoms with E-state index in [1.54, 1.807) is 0 Å². The van der Waals surface area contributed by atoms with Crippen LogP contribution in [-0.2, 0) is 6.37 Å². The van der Waals surface area contributed by atoms with E-state index >= 15 is 0 Å². The van der Waals surface area contributed by atoms with Crippen molar-refractivity contribution in [3.05, 3.63) is 34.9 Å². The van der Waals surface area contributed by atoms with Crippen LogP contribution in [0.1, 0.15) is 77.5 Å². The largest absolute Gasteiger partial charge is 0.333 e. The van der Waals surface area contributed by atoms with Gasteiger partial charge in [-0.1, -0.05) is 12.1 Å². The summed E-state index contributed by atoms with van der Waals surface area (Å²) in [6, 6.07) is 0.573. The Morgan fingerprint density at radius 2 is 2.09 bits per heavy atom. The normalized spacial score (nSPS) is 73.5. The number of aryl methyl sites for hydroxylation is 1. The Labute approximate surface area is 157 Å². The third-order valence-electron chi connectivity index (χ3n) is 4.04. The summed E-state index contributed by atoms with van der Waals surface area (Å²) in [4.78, 5) is 13.9. The maximum atomic E-state index is 13.9. The van der Waals surface area contributed by atoms with Gasteiger partial charge in [0, 0.05) is 55.2 Å². The zero-order valence-electron chi connectivity index (χ0n) is 29.3. The lowest BCUT2D eigenvalue weighted by Gasteiger charge is -2.51. The summed E-state index contributed by atoms with van der Waals surface area (Å²) in [5, 5.41) is 0. The van der Waals surface area contributed by atoms with Gasteiger partial charge in [-0.2, -0.15) is 0 Å². The van der Waals surface area contributed by atoms with Crippen molar-refractivity contribution in [2.45, 2.75) is 43.8 Å². The topological polar surface area (TPSA) is 23.6 Å². The number of hydrogen-bond acceptors (Lipinski definition) is 2. The molecule has 6 rings (SSSR count). The molecule has 4 heterocycles. The minimum Gasteiger partial charge on any atom is -0.333 e. The molecule has 3 nitrogen and oxygen atoms in total. The van der Waals surface area contributed by atoms with Crippen molar-refractivity contribution >= 4 is 5.91 Å². The van der Waals surface area contributed by atoms with Gasteiger partial charge in [0.05, 0.1) is 0 Å². The molecule has 5 aliphatic rings. The molecule has 1 aromatic carbocycles. The third kappa shape index (κ3) is 1.81. The van der Waals surface area contributed by atoms with Crippen molar-refractivity contribution in [2.75, 3.05) is 26.0 Å². The van der Waals surface area contributed by atoms with Crippen molar-refractivity contribution in [3.8, 4) is 0 Å². The zero-order valence-corrected chi connectivity index (χ0v) is 11.3. The Bertz CT molecular complexity index is 1310. The molecular formula is C19H24N2O. The lowest BCUT2D eigenvalue weighted by atomic mass is 9.75. The molecule has 0 N–H and O–H groups in total. The highest BCUT2D eigenvalue weighted by Crippen LogP contribution is 2.41. The van der Waals surface area contributed by atoms with Gasteiger partial charge in [0.25, 0.3) is 5.91 Å². The maximum Gasteiger partial charge on any atom is 0.254 e. The number of carbonyl (C=O) groups excluding carboxylic acids is 1. The monoisotopic (exact) mass is 314 g/mol. The second-order valence-electron chi connectivity index (χ2n) is 5.27. The van der Waals surface area contributed by atoms with Gasteiger partial charge in [0.15, 0.2) is 0 Å². The Morgan fingerprint density at radius 3 is 2.95 bits per heavy atom. The van der Waals surface area contributed by atoms with Gasteiger partial charge in [0.1, 0.15) is 0 Å². The van der Waals surface area contributed by atoms with Gasteiger partial charge in [-0.25, -0.2) is 0 Å². The average Bonchev–Trinajstić information content (AvgIpc) is 2.78. The van der Waals surface area contributed by atoms with Crippen LogP contribution >= 0.6 is 0 Å². The number of rotatable bonds is 1. The molecule has 1 amide bonds. The number of carbonyl (C=O) groups is 1. The van der Waals surface area contributed by atoms with E-state index in [1.807, 2.05) is 0 Å². The quantitative estimate of drug-likeness (QED) is 0.795. The van der Waals surface area contributed by atoms with E-state index in [-0.39, 0.29) is 4.90 Å². The number of amides is 1. The van der Waals surface area contributed by atoms with Crippen LogP contribution in [0.4, 0.5) is 0 Å². The number of piperidine rings is 3. The molecule has 0 saturated carbocycles. The predicted octanol–water partition coefficient (Wildman–Crippen LogP) is 2.66.